The molecule has 1 unspecified atom stereocenters. The number of nitrogens with zero attached hydrogens (tertiary/aromatic N) is 4. The normalized spacial score (nSPS) is 18.0. The molecular formula is C14H17F3N6O. The third kappa shape index (κ3) is 3.28. The maximum Gasteiger partial charge on any atom is 0.421 e. The predicted molar refractivity (Wildman–Crippen MR) is 81.3 cm³/mol. The van der Waals surface area contributed by atoms with E-state index in [4.69, 9.17) is 4.74 Å². The summed E-state index contributed by atoms with van der Waals surface area (Å²) in [5.74, 6) is -0.216. The van der Waals surface area contributed by atoms with Gasteiger partial charge in [-0.25, -0.2) is 4.98 Å². The van der Waals surface area contributed by atoms with Crippen LogP contribution in [0.1, 0.15) is 23.7 Å². The first-order valence-corrected chi connectivity index (χ1v) is 7.41. The fourth-order valence-electron chi connectivity index (χ4n) is 2.48. The van der Waals surface area contributed by atoms with Crippen molar-refractivity contribution in [2.45, 2.75) is 25.6 Å². The van der Waals surface area contributed by atoms with E-state index in [0.717, 1.165) is 12.6 Å². The van der Waals surface area contributed by atoms with Gasteiger partial charge in [0.05, 0.1) is 24.0 Å². The van der Waals surface area contributed by atoms with Crippen LogP contribution in [-0.2, 0) is 10.9 Å². The van der Waals surface area contributed by atoms with Crippen molar-refractivity contribution in [3.63, 3.8) is 0 Å². The molecule has 0 aliphatic carbocycles. The molecule has 24 heavy (non-hydrogen) atoms. The van der Waals surface area contributed by atoms with Gasteiger partial charge < -0.3 is 15.4 Å². The maximum absolute atomic E-state index is 12.9. The Labute approximate surface area is 136 Å². The van der Waals surface area contributed by atoms with E-state index in [9.17, 15) is 13.2 Å². The number of hydrogen-bond donors (Lipinski definition) is 2. The van der Waals surface area contributed by atoms with Gasteiger partial charge in [-0.15, -0.1) is 0 Å². The minimum atomic E-state index is -4.51. The highest BCUT2D eigenvalue weighted by molar-refractivity contribution is 5.57. The number of aromatic nitrogens is 4. The van der Waals surface area contributed by atoms with Gasteiger partial charge in [-0.2, -0.15) is 23.3 Å². The molecule has 0 saturated carbocycles. The second kappa shape index (κ2) is 6.27. The molecule has 2 aromatic heterocycles. The molecule has 1 aliphatic rings. The molecule has 0 bridgehead atoms. The zero-order valence-electron chi connectivity index (χ0n) is 13.2. The molecule has 1 saturated heterocycles. The molecule has 1 fully saturated rings. The van der Waals surface area contributed by atoms with Crippen LogP contribution in [0.25, 0.3) is 0 Å². The van der Waals surface area contributed by atoms with Gasteiger partial charge in [-0.1, -0.05) is 0 Å². The monoisotopic (exact) mass is 342 g/mol. The summed E-state index contributed by atoms with van der Waals surface area (Å²) in [6.45, 7) is 3.10. The van der Waals surface area contributed by atoms with Crippen molar-refractivity contribution in [3.8, 4) is 0 Å². The summed E-state index contributed by atoms with van der Waals surface area (Å²) in [7, 11) is 1.38. The lowest BCUT2D eigenvalue weighted by Gasteiger charge is -2.12. The zero-order chi connectivity index (χ0) is 17.3. The molecule has 3 heterocycles. The molecule has 7 nitrogen and oxygen atoms in total. The van der Waals surface area contributed by atoms with E-state index in [-0.39, 0.29) is 17.8 Å². The largest absolute Gasteiger partial charge is 0.421 e. The summed E-state index contributed by atoms with van der Waals surface area (Å²) >= 11 is 0. The summed E-state index contributed by atoms with van der Waals surface area (Å²) in [6, 6.07) is 0.167. The molecule has 1 atom stereocenters. The number of hydrogen-bond acceptors (Lipinski definition) is 6. The standard InChI is InChI=1S/C14H17F3N6O/c1-8-11(6-23(22-8)9-3-4-24-7-9)20-13-19-5-10(14(15,16)17)12(18-2)21-13/h5-6,9H,3-4,7H2,1-2H3,(H2,18,19,20,21). The highest BCUT2D eigenvalue weighted by Gasteiger charge is 2.35. The number of halogens is 3. The van der Waals surface area contributed by atoms with Crippen molar-refractivity contribution >= 4 is 17.5 Å². The van der Waals surface area contributed by atoms with Crippen LogP contribution >= 0.6 is 0 Å². The highest BCUT2D eigenvalue weighted by Crippen LogP contribution is 2.34. The summed E-state index contributed by atoms with van der Waals surface area (Å²) in [5.41, 5.74) is 0.436. The van der Waals surface area contributed by atoms with Gasteiger partial charge in [0.1, 0.15) is 11.4 Å². The Morgan fingerprint density at radius 1 is 1.38 bits per heavy atom. The van der Waals surface area contributed by atoms with E-state index in [1.54, 1.807) is 17.8 Å². The Balaban J connectivity index is 1.83. The Kier molecular flexibility index (Phi) is 4.31. The average molecular weight is 342 g/mol. The van der Waals surface area contributed by atoms with Crippen molar-refractivity contribution in [2.24, 2.45) is 0 Å². The summed E-state index contributed by atoms with van der Waals surface area (Å²) in [4.78, 5) is 7.64. The third-order valence-corrected chi connectivity index (χ3v) is 3.77. The number of anilines is 3. The quantitative estimate of drug-likeness (QED) is 0.890. The fraction of sp³-hybridized carbons (Fsp3) is 0.500. The minimum Gasteiger partial charge on any atom is -0.379 e. The van der Waals surface area contributed by atoms with Crippen molar-refractivity contribution < 1.29 is 17.9 Å². The lowest BCUT2D eigenvalue weighted by atomic mass is 10.3. The van der Waals surface area contributed by atoms with Crippen LogP contribution in [0.15, 0.2) is 12.4 Å². The van der Waals surface area contributed by atoms with Gasteiger partial charge in [-0.3, -0.25) is 4.68 Å². The second-order valence-corrected chi connectivity index (χ2v) is 5.45. The summed E-state index contributed by atoms with van der Waals surface area (Å²) in [5, 5.41) is 9.77. The smallest absolute Gasteiger partial charge is 0.379 e. The molecule has 0 aromatic carbocycles. The SMILES string of the molecule is CNc1nc(Nc2cn(C3CCOC3)nc2C)ncc1C(F)(F)F. The molecule has 0 radical (unpaired) electrons. The van der Waals surface area contributed by atoms with Gasteiger partial charge in [0.25, 0.3) is 0 Å². The minimum absolute atomic E-state index is 0.0673. The number of alkyl halides is 3. The topological polar surface area (TPSA) is 76.9 Å². The van der Waals surface area contributed by atoms with Gasteiger partial charge >= 0.3 is 6.18 Å². The fourth-order valence-corrected chi connectivity index (χ4v) is 2.48. The Hall–Kier alpha value is -2.36. The Morgan fingerprint density at radius 2 is 2.17 bits per heavy atom. The van der Waals surface area contributed by atoms with Crippen molar-refractivity contribution in [1.82, 2.24) is 19.7 Å². The van der Waals surface area contributed by atoms with E-state index in [2.05, 4.69) is 25.7 Å². The summed E-state index contributed by atoms with van der Waals surface area (Å²) < 4.78 is 45.7. The zero-order valence-corrected chi connectivity index (χ0v) is 13.2. The lowest BCUT2D eigenvalue weighted by molar-refractivity contribution is -0.137. The van der Waals surface area contributed by atoms with E-state index in [0.29, 0.717) is 24.6 Å². The molecule has 130 valence electrons. The number of aryl methyl sites for hydroxylation is 1. The second-order valence-electron chi connectivity index (χ2n) is 5.45. The number of ether oxygens (including phenoxy) is 1. The molecule has 2 N–H and O–H groups in total. The molecular weight excluding hydrogens is 325 g/mol. The van der Waals surface area contributed by atoms with Crippen LogP contribution in [0.4, 0.5) is 30.6 Å². The van der Waals surface area contributed by atoms with E-state index >= 15 is 0 Å². The van der Waals surface area contributed by atoms with Gasteiger partial charge in [0.15, 0.2) is 0 Å². The maximum atomic E-state index is 12.9. The molecule has 0 amide bonds. The lowest BCUT2D eigenvalue weighted by Crippen LogP contribution is -2.12. The third-order valence-electron chi connectivity index (χ3n) is 3.77. The molecule has 2 aromatic rings. The van der Waals surface area contributed by atoms with Crippen molar-refractivity contribution in [3.05, 3.63) is 23.7 Å². The Morgan fingerprint density at radius 3 is 2.79 bits per heavy atom. The van der Waals surface area contributed by atoms with E-state index < -0.39 is 11.7 Å². The Bertz CT molecular complexity index is 724. The highest BCUT2D eigenvalue weighted by atomic mass is 19.4. The van der Waals surface area contributed by atoms with E-state index in [1.165, 1.54) is 7.05 Å². The van der Waals surface area contributed by atoms with Crippen LogP contribution in [0.2, 0.25) is 0 Å². The van der Waals surface area contributed by atoms with Gasteiger partial charge in [0, 0.05) is 26.0 Å². The average Bonchev–Trinajstić information content (AvgIpc) is 3.16. The predicted octanol–water partition coefficient (Wildman–Crippen LogP) is 2.75. The van der Waals surface area contributed by atoms with Gasteiger partial charge in [-0.05, 0) is 13.3 Å². The van der Waals surface area contributed by atoms with Crippen LogP contribution in [-0.4, -0.2) is 40.0 Å². The van der Waals surface area contributed by atoms with Crippen LogP contribution in [0.5, 0.6) is 0 Å². The van der Waals surface area contributed by atoms with Crippen LogP contribution in [0.3, 0.4) is 0 Å². The first-order valence-electron chi connectivity index (χ1n) is 7.41. The number of nitrogens with one attached hydrogen (secondary N) is 2. The molecule has 0 spiro atoms. The van der Waals surface area contributed by atoms with E-state index in [1.807, 2.05) is 0 Å². The van der Waals surface area contributed by atoms with Crippen molar-refractivity contribution in [2.75, 3.05) is 30.9 Å². The summed E-state index contributed by atoms with van der Waals surface area (Å²) in [6.07, 6.45) is -1.10. The first-order chi connectivity index (χ1) is 11.4. The molecule has 3 rings (SSSR count). The van der Waals surface area contributed by atoms with Gasteiger partial charge in [0.2, 0.25) is 5.95 Å². The molecule has 10 heteroatoms. The van der Waals surface area contributed by atoms with Crippen LogP contribution < -0.4 is 10.6 Å². The van der Waals surface area contributed by atoms with Crippen molar-refractivity contribution in [1.29, 1.82) is 0 Å². The van der Waals surface area contributed by atoms with Crippen LogP contribution in [0, 0.1) is 6.92 Å². The molecule has 1 aliphatic heterocycles. The number of rotatable bonds is 4. The first kappa shape index (κ1) is 16.5.